The fourth-order valence-electron chi connectivity index (χ4n) is 2.08. The van der Waals surface area contributed by atoms with E-state index in [0.29, 0.717) is 19.0 Å². The lowest BCUT2D eigenvalue weighted by Crippen LogP contribution is -2.34. The standard InChI is InChI=1S/C11H25N3O2S/c1-12-7-10-17(15,16)13-6-3-11-4-8-14(2)9-5-11/h11-13H,3-10H2,1-2H3. The maximum Gasteiger partial charge on any atom is 0.212 e. The van der Waals surface area contributed by atoms with E-state index in [4.69, 9.17) is 0 Å². The SMILES string of the molecule is CNCCS(=O)(=O)NCCC1CCN(C)CC1. The van der Waals surface area contributed by atoms with Crippen LogP contribution in [0.15, 0.2) is 0 Å². The van der Waals surface area contributed by atoms with E-state index in [9.17, 15) is 8.42 Å². The molecular formula is C11H25N3O2S. The zero-order valence-corrected chi connectivity index (χ0v) is 11.7. The highest BCUT2D eigenvalue weighted by molar-refractivity contribution is 7.89. The van der Waals surface area contributed by atoms with Crippen molar-refractivity contribution in [3.8, 4) is 0 Å². The molecule has 0 amide bonds. The normalized spacial score (nSPS) is 19.6. The Labute approximate surface area is 105 Å². The molecule has 0 spiro atoms. The van der Waals surface area contributed by atoms with Crippen molar-refractivity contribution < 1.29 is 8.42 Å². The maximum absolute atomic E-state index is 11.5. The summed E-state index contributed by atoms with van der Waals surface area (Å²) in [5, 5.41) is 2.84. The van der Waals surface area contributed by atoms with E-state index in [1.807, 2.05) is 0 Å². The van der Waals surface area contributed by atoms with Crippen molar-refractivity contribution in [2.45, 2.75) is 19.3 Å². The van der Waals surface area contributed by atoms with Gasteiger partial charge in [0.1, 0.15) is 0 Å². The van der Waals surface area contributed by atoms with Crippen molar-refractivity contribution in [3.05, 3.63) is 0 Å². The summed E-state index contributed by atoms with van der Waals surface area (Å²) in [6.45, 7) is 3.36. The molecule has 0 aliphatic carbocycles. The minimum atomic E-state index is -3.08. The zero-order valence-electron chi connectivity index (χ0n) is 10.9. The summed E-state index contributed by atoms with van der Waals surface area (Å²) < 4.78 is 25.7. The molecule has 1 fully saturated rings. The largest absolute Gasteiger partial charge is 0.319 e. The summed E-state index contributed by atoms with van der Waals surface area (Å²) in [6.07, 6.45) is 3.34. The Kier molecular flexibility index (Phi) is 6.40. The minimum Gasteiger partial charge on any atom is -0.319 e. The van der Waals surface area contributed by atoms with Gasteiger partial charge in [-0.15, -0.1) is 0 Å². The van der Waals surface area contributed by atoms with Crippen LogP contribution in [0, 0.1) is 5.92 Å². The van der Waals surface area contributed by atoms with Crippen LogP contribution in [-0.2, 0) is 10.0 Å². The van der Waals surface area contributed by atoms with Crippen LogP contribution in [0.3, 0.4) is 0 Å². The Morgan fingerprint density at radius 2 is 1.88 bits per heavy atom. The summed E-state index contributed by atoms with van der Waals surface area (Å²) in [6, 6.07) is 0. The van der Waals surface area contributed by atoms with Gasteiger partial charge in [-0.3, -0.25) is 0 Å². The third-order valence-corrected chi connectivity index (χ3v) is 4.72. The van der Waals surface area contributed by atoms with Crippen LogP contribution in [0.2, 0.25) is 0 Å². The molecule has 0 aromatic carbocycles. The Balaban J connectivity index is 2.14. The van der Waals surface area contributed by atoms with E-state index < -0.39 is 10.0 Å². The first-order valence-electron chi connectivity index (χ1n) is 6.34. The van der Waals surface area contributed by atoms with Crippen LogP contribution in [0.25, 0.3) is 0 Å². The van der Waals surface area contributed by atoms with Gasteiger partial charge in [0.05, 0.1) is 5.75 Å². The van der Waals surface area contributed by atoms with E-state index in [-0.39, 0.29) is 5.75 Å². The molecule has 1 aliphatic heterocycles. The molecule has 0 aromatic heterocycles. The molecule has 0 aromatic rings. The van der Waals surface area contributed by atoms with Gasteiger partial charge in [0.2, 0.25) is 10.0 Å². The molecule has 2 N–H and O–H groups in total. The van der Waals surface area contributed by atoms with Gasteiger partial charge in [-0.2, -0.15) is 0 Å². The first-order valence-corrected chi connectivity index (χ1v) is 7.99. The predicted molar refractivity (Wildman–Crippen MR) is 70.6 cm³/mol. The molecule has 5 nitrogen and oxygen atoms in total. The smallest absolute Gasteiger partial charge is 0.212 e. The van der Waals surface area contributed by atoms with E-state index >= 15 is 0 Å². The van der Waals surface area contributed by atoms with Crippen molar-refractivity contribution in [3.63, 3.8) is 0 Å². The Morgan fingerprint density at radius 3 is 2.47 bits per heavy atom. The molecule has 1 heterocycles. The average molecular weight is 263 g/mol. The third-order valence-electron chi connectivity index (χ3n) is 3.33. The molecular weight excluding hydrogens is 238 g/mol. The number of rotatable bonds is 7. The molecule has 17 heavy (non-hydrogen) atoms. The highest BCUT2D eigenvalue weighted by atomic mass is 32.2. The second-order valence-electron chi connectivity index (χ2n) is 4.85. The number of hydrogen-bond donors (Lipinski definition) is 2. The lowest BCUT2D eigenvalue weighted by molar-refractivity contribution is 0.213. The molecule has 0 saturated carbocycles. The minimum absolute atomic E-state index is 0.164. The molecule has 0 unspecified atom stereocenters. The Hall–Kier alpha value is -0.170. The second kappa shape index (κ2) is 7.31. The first-order chi connectivity index (χ1) is 8.03. The highest BCUT2D eigenvalue weighted by Gasteiger charge is 2.17. The summed E-state index contributed by atoms with van der Waals surface area (Å²) >= 11 is 0. The second-order valence-corrected chi connectivity index (χ2v) is 6.78. The van der Waals surface area contributed by atoms with Crippen LogP contribution >= 0.6 is 0 Å². The van der Waals surface area contributed by atoms with Crippen molar-refractivity contribution >= 4 is 10.0 Å². The molecule has 0 radical (unpaired) electrons. The monoisotopic (exact) mass is 263 g/mol. The fraction of sp³-hybridized carbons (Fsp3) is 1.00. The molecule has 102 valence electrons. The first kappa shape index (κ1) is 14.9. The topological polar surface area (TPSA) is 61.4 Å². The van der Waals surface area contributed by atoms with E-state index in [0.717, 1.165) is 19.5 Å². The van der Waals surface area contributed by atoms with Crippen molar-refractivity contribution in [2.24, 2.45) is 5.92 Å². The number of likely N-dealkylation sites (tertiary alicyclic amines) is 1. The van der Waals surface area contributed by atoms with Crippen molar-refractivity contribution in [1.82, 2.24) is 14.9 Å². The fourth-order valence-corrected chi connectivity index (χ4v) is 3.12. The summed E-state index contributed by atoms with van der Waals surface area (Å²) in [5.41, 5.74) is 0. The Bertz CT molecular complexity index is 298. The average Bonchev–Trinajstić information content (AvgIpc) is 2.29. The molecule has 1 saturated heterocycles. The predicted octanol–water partition coefficient (Wildman–Crippen LogP) is -0.143. The van der Waals surface area contributed by atoms with Crippen LogP contribution < -0.4 is 10.0 Å². The molecule has 1 aliphatic rings. The van der Waals surface area contributed by atoms with Gasteiger partial charge in [0.15, 0.2) is 0 Å². The van der Waals surface area contributed by atoms with Gasteiger partial charge in [-0.05, 0) is 52.4 Å². The number of hydrogen-bond acceptors (Lipinski definition) is 4. The molecule has 1 rings (SSSR count). The van der Waals surface area contributed by atoms with Gasteiger partial charge in [0.25, 0.3) is 0 Å². The van der Waals surface area contributed by atoms with Crippen LogP contribution in [0.4, 0.5) is 0 Å². The van der Waals surface area contributed by atoms with Gasteiger partial charge >= 0.3 is 0 Å². The summed E-state index contributed by atoms with van der Waals surface area (Å²) in [4.78, 5) is 2.33. The van der Waals surface area contributed by atoms with Crippen molar-refractivity contribution in [2.75, 3.05) is 46.0 Å². The lowest BCUT2D eigenvalue weighted by atomic mass is 9.94. The van der Waals surface area contributed by atoms with E-state index in [2.05, 4.69) is 22.0 Å². The molecule has 0 bridgehead atoms. The summed E-state index contributed by atoms with van der Waals surface area (Å²) in [7, 11) is 0.815. The van der Waals surface area contributed by atoms with Crippen LogP contribution in [0.1, 0.15) is 19.3 Å². The van der Waals surface area contributed by atoms with Gasteiger partial charge in [-0.1, -0.05) is 0 Å². The molecule has 6 heteroatoms. The highest BCUT2D eigenvalue weighted by Crippen LogP contribution is 2.18. The maximum atomic E-state index is 11.5. The molecule has 0 atom stereocenters. The number of nitrogens with one attached hydrogen (secondary N) is 2. The van der Waals surface area contributed by atoms with Crippen LogP contribution in [-0.4, -0.2) is 59.3 Å². The van der Waals surface area contributed by atoms with Gasteiger partial charge < -0.3 is 10.2 Å². The van der Waals surface area contributed by atoms with E-state index in [1.54, 1.807) is 7.05 Å². The lowest BCUT2D eigenvalue weighted by Gasteiger charge is -2.28. The van der Waals surface area contributed by atoms with Crippen LogP contribution in [0.5, 0.6) is 0 Å². The van der Waals surface area contributed by atoms with Gasteiger partial charge in [0, 0.05) is 13.1 Å². The van der Waals surface area contributed by atoms with E-state index in [1.165, 1.54) is 12.8 Å². The number of nitrogens with zero attached hydrogens (tertiary/aromatic N) is 1. The number of sulfonamides is 1. The Morgan fingerprint density at radius 1 is 1.24 bits per heavy atom. The third kappa shape index (κ3) is 6.35. The quantitative estimate of drug-likeness (QED) is 0.671. The zero-order chi connectivity index (χ0) is 12.7. The number of piperidine rings is 1. The van der Waals surface area contributed by atoms with Crippen molar-refractivity contribution in [1.29, 1.82) is 0 Å². The summed E-state index contributed by atoms with van der Waals surface area (Å²) in [5.74, 6) is 0.842. The van der Waals surface area contributed by atoms with Gasteiger partial charge in [-0.25, -0.2) is 13.1 Å².